The predicted octanol–water partition coefficient (Wildman–Crippen LogP) is 7.34. The van der Waals surface area contributed by atoms with Crippen LogP contribution in [0.15, 0.2) is 97.1 Å². The SMILES string of the molecule is CC1(CCOc2ccc(CC3(c4ccc(F)cc4)NCCc4cc(OCc5ccccc5)ccc43)cc2)CCCCN1. The third kappa shape index (κ3) is 6.53. The highest BCUT2D eigenvalue weighted by atomic mass is 19.1. The Morgan fingerprint density at radius 2 is 1.55 bits per heavy atom. The van der Waals surface area contributed by atoms with Crippen molar-refractivity contribution in [3.05, 3.63) is 131 Å². The van der Waals surface area contributed by atoms with Crippen LogP contribution >= 0.6 is 0 Å². The molecule has 0 aliphatic carbocycles. The largest absolute Gasteiger partial charge is 0.494 e. The summed E-state index contributed by atoms with van der Waals surface area (Å²) in [5.41, 5.74) is 5.54. The summed E-state index contributed by atoms with van der Waals surface area (Å²) in [5, 5.41) is 7.51. The molecule has 42 heavy (non-hydrogen) atoms. The lowest BCUT2D eigenvalue weighted by Crippen LogP contribution is -2.49. The van der Waals surface area contributed by atoms with E-state index >= 15 is 0 Å². The van der Waals surface area contributed by atoms with Gasteiger partial charge in [0.2, 0.25) is 0 Å². The monoisotopic (exact) mass is 564 g/mol. The van der Waals surface area contributed by atoms with Crippen LogP contribution in [0.1, 0.15) is 60.4 Å². The van der Waals surface area contributed by atoms with E-state index in [1.165, 1.54) is 36.0 Å². The van der Waals surface area contributed by atoms with Crippen LogP contribution < -0.4 is 20.1 Å². The summed E-state index contributed by atoms with van der Waals surface area (Å²) in [6.45, 7) is 5.46. The Bertz CT molecular complexity index is 1450. The first kappa shape index (κ1) is 28.4. The summed E-state index contributed by atoms with van der Waals surface area (Å²) < 4.78 is 26.3. The maximum absolute atomic E-state index is 14.0. The molecule has 4 aromatic rings. The van der Waals surface area contributed by atoms with Gasteiger partial charge in [-0.3, -0.25) is 0 Å². The van der Waals surface area contributed by atoms with E-state index in [9.17, 15) is 4.39 Å². The Balaban J connectivity index is 1.21. The molecule has 2 atom stereocenters. The van der Waals surface area contributed by atoms with Gasteiger partial charge in [-0.15, -0.1) is 0 Å². The molecule has 2 heterocycles. The molecule has 6 rings (SSSR count). The van der Waals surface area contributed by atoms with Crippen molar-refractivity contribution in [3.8, 4) is 11.5 Å². The molecule has 0 radical (unpaired) electrons. The third-order valence-electron chi connectivity index (χ3n) is 8.97. The summed E-state index contributed by atoms with van der Waals surface area (Å²) >= 11 is 0. The zero-order valence-electron chi connectivity index (χ0n) is 24.5. The second-order valence-corrected chi connectivity index (χ2v) is 12.0. The summed E-state index contributed by atoms with van der Waals surface area (Å²) in [7, 11) is 0. The van der Waals surface area contributed by atoms with Gasteiger partial charge < -0.3 is 20.1 Å². The zero-order valence-corrected chi connectivity index (χ0v) is 24.5. The van der Waals surface area contributed by atoms with Gasteiger partial charge in [0, 0.05) is 12.1 Å². The molecule has 2 aliphatic heterocycles. The van der Waals surface area contributed by atoms with E-state index in [0.717, 1.165) is 55.0 Å². The van der Waals surface area contributed by atoms with Crippen molar-refractivity contribution in [2.75, 3.05) is 19.7 Å². The first-order valence-electron chi connectivity index (χ1n) is 15.3. The highest BCUT2D eigenvalue weighted by Crippen LogP contribution is 2.40. The number of fused-ring (bicyclic) bond motifs is 1. The fraction of sp³-hybridized carbons (Fsp3) is 0.351. The summed E-state index contributed by atoms with van der Waals surface area (Å²) in [6, 6.07) is 32.1. The van der Waals surface area contributed by atoms with Crippen molar-refractivity contribution in [2.24, 2.45) is 0 Å². The Labute approximate surface area is 249 Å². The van der Waals surface area contributed by atoms with Crippen molar-refractivity contribution in [3.63, 3.8) is 0 Å². The van der Waals surface area contributed by atoms with Gasteiger partial charge in [-0.05, 0) is 110 Å². The molecule has 0 amide bonds. The maximum atomic E-state index is 14.0. The average molecular weight is 565 g/mol. The smallest absolute Gasteiger partial charge is 0.123 e. The second kappa shape index (κ2) is 12.7. The van der Waals surface area contributed by atoms with Crippen LogP contribution in [-0.4, -0.2) is 25.2 Å². The van der Waals surface area contributed by atoms with Crippen molar-refractivity contribution in [1.82, 2.24) is 10.6 Å². The number of rotatable bonds is 10. The topological polar surface area (TPSA) is 42.5 Å². The van der Waals surface area contributed by atoms with E-state index in [0.29, 0.717) is 13.2 Å². The van der Waals surface area contributed by atoms with Crippen LogP contribution in [0.2, 0.25) is 0 Å². The number of benzene rings is 4. The lowest BCUT2D eigenvalue weighted by molar-refractivity contribution is 0.204. The molecule has 0 aromatic heterocycles. The van der Waals surface area contributed by atoms with Crippen molar-refractivity contribution < 1.29 is 13.9 Å². The molecule has 0 saturated carbocycles. The summed E-state index contributed by atoms with van der Waals surface area (Å²) in [6.07, 6.45) is 6.39. The van der Waals surface area contributed by atoms with Gasteiger partial charge in [0.1, 0.15) is 23.9 Å². The van der Waals surface area contributed by atoms with Crippen LogP contribution in [0.3, 0.4) is 0 Å². The Morgan fingerprint density at radius 3 is 2.31 bits per heavy atom. The maximum Gasteiger partial charge on any atom is 0.123 e. The second-order valence-electron chi connectivity index (χ2n) is 12.0. The zero-order chi connectivity index (χ0) is 28.8. The minimum absolute atomic E-state index is 0.173. The van der Waals surface area contributed by atoms with Crippen molar-refractivity contribution in [2.45, 2.75) is 63.1 Å². The van der Waals surface area contributed by atoms with Gasteiger partial charge in [0.05, 0.1) is 12.1 Å². The molecule has 218 valence electrons. The highest BCUT2D eigenvalue weighted by Gasteiger charge is 2.38. The van der Waals surface area contributed by atoms with E-state index in [-0.39, 0.29) is 11.4 Å². The van der Waals surface area contributed by atoms with Crippen molar-refractivity contribution in [1.29, 1.82) is 0 Å². The van der Waals surface area contributed by atoms with E-state index in [1.807, 2.05) is 30.3 Å². The molecular formula is C37H41FN2O2. The van der Waals surface area contributed by atoms with E-state index in [2.05, 4.69) is 72.2 Å². The van der Waals surface area contributed by atoms with E-state index in [1.54, 1.807) is 12.1 Å². The number of hydrogen-bond donors (Lipinski definition) is 2. The molecular weight excluding hydrogens is 523 g/mol. The minimum atomic E-state index is -0.483. The summed E-state index contributed by atoms with van der Waals surface area (Å²) in [5.74, 6) is 1.53. The molecule has 4 aromatic carbocycles. The van der Waals surface area contributed by atoms with Crippen molar-refractivity contribution >= 4 is 0 Å². The molecule has 2 unspecified atom stereocenters. The number of nitrogens with one attached hydrogen (secondary N) is 2. The van der Waals surface area contributed by atoms with Gasteiger partial charge in [-0.2, -0.15) is 0 Å². The quantitative estimate of drug-likeness (QED) is 0.212. The number of ether oxygens (including phenoxy) is 2. The third-order valence-corrected chi connectivity index (χ3v) is 8.97. The normalized spacial score (nSPS) is 21.9. The molecule has 4 nitrogen and oxygen atoms in total. The van der Waals surface area contributed by atoms with Crippen LogP contribution in [0.4, 0.5) is 4.39 Å². The average Bonchev–Trinajstić information content (AvgIpc) is 3.02. The predicted molar refractivity (Wildman–Crippen MR) is 167 cm³/mol. The lowest BCUT2D eigenvalue weighted by Gasteiger charge is -2.41. The molecule has 2 aliphatic rings. The first-order valence-corrected chi connectivity index (χ1v) is 15.3. The number of piperidine rings is 1. The van der Waals surface area contributed by atoms with Gasteiger partial charge >= 0.3 is 0 Å². The van der Waals surface area contributed by atoms with Crippen LogP contribution in [-0.2, 0) is 25.0 Å². The van der Waals surface area contributed by atoms with Gasteiger partial charge in [0.15, 0.2) is 0 Å². The molecule has 2 N–H and O–H groups in total. The molecule has 1 saturated heterocycles. The summed E-state index contributed by atoms with van der Waals surface area (Å²) in [4.78, 5) is 0. The minimum Gasteiger partial charge on any atom is -0.494 e. The Hall–Kier alpha value is -3.67. The van der Waals surface area contributed by atoms with E-state index in [4.69, 9.17) is 9.47 Å². The van der Waals surface area contributed by atoms with E-state index < -0.39 is 5.54 Å². The first-order chi connectivity index (χ1) is 20.5. The molecule has 0 bridgehead atoms. The molecule has 1 fully saturated rings. The van der Waals surface area contributed by atoms with Crippen LogP contribution in [0.5, 0.6) is 11.5 Å². The van der Waals surface area contributed by atoms with Gasteiger partial charge in [0.25, 0.3) is 0 Å². The highest BCUT2D eigenvalue weighted by molar-refractivity contribution is 5.49. The van der Waals surface area contributed by atoms with Crippen LogP contribution in [0, 0.1) is 5.82 Å². The number of halogens is 1. The molecule has 5 heteroatoms. The number of hydrogen-bond acceptors (Lipinski definition) is 4. The van der Waals surface area contributed by atoms with Gasteiger partial charge in [-0.25, -0.2) is 4.39 Å². The Kier molecular flexibility index (Phi) is 8.59. The molecule has 0 spiro atoms. The lowest BCUT2D eigenvalue weighted by atomic mass is 9.73. The van der Waals surface area contributed by atoms with Crippen LogP contribution in [0.25, 0.3) is 0 Å². The standard InChI is InChI=1S/C37H41FN2O2/c1-36(20-5-6-22-39-36)21-24-41-33-15-9-28(10-16-33)26-37(31-11-13-32(38)14-12-31)35-18-17-34(25-30(35)19-23-40-37)42-27-29-7-3-2-4-8-29/h2-4,7-18,25,39-40H,5-6,19-24,26-27H2,1H3. The fourth-order valence-electron chi connectivity index (χ4n) is 6.52. The fourth-order valence-corrected chi connectivity index (χ4v) is 6.52. The Morgan fingerprint density at radius 1 is 0.762 bits per heavy atom. The van der Waals surface area contributed by atoms with Gasteiger partial charge in [-0.1, -0.05) is 67.1 Å².